The SMILES string of the molecule is CCCC[C@H](OCl)[C@H]1O[C@]2(C(C)=O)OC(C)(C)O[C@@H]2[C@H]1OCc1ccc(Cl)c(Cl)c1. The molecule has 0 saturated carbocycles. The lowest BCUT2D eigenvalue weighted by Crippen LogP contribution is -2.47. The van der Waals surface area contributed by atoms with Gasteiger partial charge in [0.25, 0.3) is 5.79 Å². The molecule has 30 heavy (non-hydrogen) atoms. The predicted octanol–water partition coefficient (Wildman–Crippen LogP) is 5.44. The minimum absolute atomic E-state index is 0.207. The Morgan fingerprint density at radius 1 is 1.23 bits per heavy atom. The molecule has 1 aromatic rings. The van der Waals surface area contributed by atoms with Gasteiger partial charge in [-0.1, -0.05) is 49.0 Å². The van der Waals surface area contributed by atoms with Gasteiger partial charge in [0.2, 0.25) is 0 Å². The van der Waals surface area contributed by atoms with Crippen LogP contribution in [0.15, 0.2) is 18.2 Å². The van der Waals surface area contributed by atoms with Crippen LogP contribution in [0.5, 0.6) is 0 Å². The second-order valence-electron chi connectivity index (χ2n) is 8.14. The van der Waals surface area contributed by atoms with Crippen molar-refractivity contribution in [1.29, 1.82) is 0 Å². The van der Waals surface area contributed by atoms with Gasteiger partial charge in [0, 0.05) is 6.92 Å². The predicted molar refractivity (Wildman–Crippen MR) is 114 cm³/mol. The van der Waals surface area contributed by atoms with E-state index in [1.807, 2.05) is 6.07 Å². The number of benzene rings is 1. The van der Waals surface area contributed by atoms with E-state index in [1.165, 1.54) is 6.92 Å². The summed E-state index contributed by atoms with van der Waals surface area (Å²) in [4.78, 5) is 12.6. The maximum absolute atomic E-state index is 12.6. The number of carbonyl (C=O) groups excluding carboxylic acids is 1. The number of fused-ring (bicyclic) bond motifs is 1. The zero-order valence-electron chi connectivity index (χ0n) is 17.5. The average molecular weight is 482 g/mol. The highest BCUT2D eigenvalue weighted by Crippen LogP contribution is 2.48. The minimum Gasteiger partial charge on any atom is -0.368 e. The van der Waals surface area contributed by atoms with Crippen molar-refractivity contribution in [3.05, 3.63) is 33.8 Å². The van der Waals surface area contributed by atoms with E-state index in [-0.39, 0.29) is 12.4 Å². The third kappa shape index (κ3) is 4.81. The van der Waals surface area contributed by atoms with Crippen LogP contribution in [0.3, 0.4) is 0 Å². The van der Waals surface area contributed by atoms with Crippen LogP contribution >= 0.6 is 35.1 Å². The van der Waals surface area contributed by atoms with E-state index >= 15 is 0 Å². The minimum atomic E-state index is -1.57. The van der Waals surface area contributed by atoms with Crippen LogP contribution in [0.2, 0.25) is 10.0 Å². The lowest BCUT2D eigenvalue weighted by Gasteiger charge is -2.30. The summed E-state index contributed by atoms with van der Waals surface area (Å²) in [5, 5.41) is 0.893. The van der Waals surface area contributed by atoms with E-state index in [1.54, 1.807) is 26.0 Å². The van der Waals surface area contributed by atoms with E-state index in [0.29, 0.717) is 16.5 Å². The average Bonchev–Trinajstić information content (AvgIpc) is 3.12. The first-order valence-corrected chi connectivity index (χ1v) is 11.1. The van der Waals surface area contributed by atoms with Crippen molar-refractivity contribution in [3.63, 3.8) is 0 Å². The topological polar surface area (TPSA) is 63.2 Å². The van der Waals surface area contributed by atoms with Crippen molar-refractivity contribution >= 4 is 40.9 Å². The molecule has 2 heterocycles. The number of halogens is 3. The monoisotopic (exact) mass is 480 g/mol. The molecule has 168 valence electrons. The number of ether oxygens (including phenoxy) is 4. The highest BCUT2D eigenvalue weighted by atomic mass is 35.5. The third-order valence-electron chi connectivity index (χ3n) is 5.36. The first kappa shape index (κ1) is 24.2. The van der Waals surface area contributed by atoms with Gasteiger partial charge in [0.05, 0.1) is 28.5 Å². The summed E-state index contributed by atoms with van der Waals surface area (Å²) < 4.78 is 29.6. The molecule has 1 aromatic carbocycles. The zero-order valence-corrected chi connectivity index (χ0v) is 19.7. The molecule has 0 aliphatic carbocycles. The quantitative estimate of drug-likeness (QED) is 0.468. The molecule has 2 aliphatic heterocycles. The number of ketones is 1. The Hall–Kier alpha value is -0.440. The summed E-state index contributed by atoms with van der Waals surface area (Å²) in [6.07, 6.45) is -0.0910. The van der Waals surface area contributed by atoms with Gasteiger partial charge in [0.15, 0.2) is 17.7 Å². The lowest BCUT2D eigenvalue weighted by atomic mass is 9.97. The summed E-state index contributed by atoms with van der Waals surface area (Å²) in [5.41, 5.74) is 0.818. The number of unbranched alkanes of at least 4 members (excludes halogenated alkanes) is 1. The maximum Gasteiger partial charge on any atom is 0.261 e. The number of hydrogen-bond donors (Lipinski definition) is 0. The van der Waals surface area contributed by atoms with E-state index in [9.17, 15) is 4.79 Å². The Bertz CT molecular complexity index is 773. The number of Topliss-reactive ketones (excluding diaryl/α,β-unsaturated/α-hetero) is 1. The Balaban J connectivity index is 1.88. The molecule has 0 bridgehead atoms. The van der Waals surface area contributed by atoms with Crippen molar-refractivity contribution in [1.82, 2.24) is 0 Å². The Morgan fingerprint density at radius 3 is 2.57 bits per heavy atom. The fourth-order valence-electron chi connectivity index (χ4n) is 3.96. The second-order valence-corrected chi connectivity index (χ2v) is 9.13. The highest BCUT2D eigenvalue weighted by Gasteiger charge is 2.69. The van der Waals surface area contributed by atoms with Crippen molar-refractivity contribution in [3.8, 4) is 0 Å². The third-order valence-corrected chi connectivity index (χ3v) is 6.32. The van der Waals surface area contributed by atoms with Crippen LogP contribution in [-0.4, -0.2) is 41.8 Å². The summed E-state index contributed by atoms with van der Waals surface area (Å²) in [6, 6.07) is 5.25. The lowest BCUT2D eigenvalue weighted by molar-refractivity contribution is -0.262. The van der Waals surface area contributed by atoms with Crippen LogP contribution in [-0.2, 0) is 34.6 Å². The molecule has 2 aliphatic rings. The molecule has 5 atom stereocenters. The van der Waals surface area contributed by atoms with Crippen molar-refractivity contribution < 1.29 is 28.0 Å². The van der Waals surface area contributed by atoms with E-state index < -0.39 is 36.0 Å². The van der Waals surface area contributed by atoms with Crippen LogP contribution in [0.4, 0.5) is 0 Å². The van der Waals surface area contributed by atoms with Crippen LogP contribution in [0.25, 0.3) is 0 Å². The van der Waals surface area contributed by atoms with Gasteiger partial charge < -0.3 is 18.9 Å². The molecule has 3 rings (SSSR count). The highest BCUT2D eigenvalue weighted by molar-refractivity contribution is 6.42. The van der Waals surface area contributed by atoms with E-state index in [0.717, 1.165) is 18.4 Å². The summed E-state index contributed by atoms with van der Waals surface area (Å²) in [6.45, 7) is 7.16. The molecule has 0 unspecified atom stereocenters. The van der Waals surface area contributed by atoms with E-state index in [2.05, 4.69) is 6.92 Å². The van der Waals surface area contributed by atoms with Gasteiger partial charge in [-0.15, -0.1) is 0 Å². The molecule has 2 saturated heterocycles. The maximum atomic E-state index is 12.6. The van der Waals surface area contributed by atoms with Gasteiger partial charge >= 0.3 is 0 Å². The van der Waals surface area contributed by atoms with Gasteiger partial charge in [0.1, 0.15) is 18.3 Å². The van der Waals surface area contributed by atoms with Gasteiger partial charge in [-0.3, -0.25) is 9.08 Å². The zero-order chi connectivity index (χ0) is 22.1. The molecule has 0 aromatic heterocycles. The first-order valence-electron chi connectivity index (χ1n) is 10.0. The number of carbonyl (C=O) groups is 1. The van der Waals surface area contributed by atoms with Gasteiger partial charge in [-0.05, 0) is 38.0 Å². The van der Waals surface area contributed by atoms with Crippen molar-refractivity contribution in [2.75, 3.05) is 0 Å². The standard InChI is InChI=1S/C21H27Cl3O6/c1-5-6-7-16(29-24)17-18(26-11-13-8-9-14(22)15(23)10-13)19-21(27-17,12(2)25)30-20(3,4)28-19/h8-10,16-19H,5-7,11H2,1-4H3/t16-,17+,18-,19+,21+/m0/s1. The summed E-state index contributed by atoms with van der Waals surface area (Å²) in [7, 11) is 0. The first-order chi connectivity index (χ1) is 14.1. The molecule has 9 heteroatoms. The van der Waals surface area contributed by atoms with Crippen molar-refractivity contribution in [2.45, 2.75) is 89.6 Å². The number of rotatable bonds is 9. The molecular weight excluding hydrogens is 455 g/mol. The summed E-state index contributed by atoms with van der Waals surface area (Å²) in [5.74, 6) is -2.88. The number of hydrogen-bond acceptors (Lipinski definition) is 6. The largest absolute Gasteiger partial charge is 0.368 e. The van der Waals surface area contributed by atoms with Crippen molar-refractivity contribution in [2.24, 2.45) is 0 Å². The Morgan fingerprint density at radius 2 is 1.97 bits per heavy atom. The van der Waals surface area contributed by atoms with Crippen LogP contribution in [0, 0.1) is 0 Å². The molecule has 0 N–H and O–H groups in total. The summed E-state index contributed by atoms with van der Waals surface area (Å²) >= 11 is 17.9. The van der Waals surface area contributed by atoms with Crippen LogP contribution < -0.4 is 0 Å². The molecule has 0 amide bonds. The normalized spacial score (nSPS) is 31.0. The van der Waals surface area contributed by atoms with Gasteiger partial charge in [-0.25, -0.2) is 0 Å². The fourth-order valence-corrected chi connectivity index (χ4v) is 4.47. The Kier molecular flexibility index (Phi) is 7.74. The molecule has 0 radical (unpaired) electrons. The fraction of sp³-hybridized carbons (Fsp3) is 0.667. The van der Waals surface area contributed by atoms with Crippen LogP contribution in [0.1, 0.15) is 52.5 Å². The molecule has 2 fully saturated rings. The second kappa shape index (κ2) is 9.59. The van der Waals surface area contributed by atoms with Gasteiger partial charge in [-0.2, -0.15) is 0 Å². The smallest absolute Gasteiger partial charge is 0.261 e. The molecule has 0 spiro atoms. The molecule has 6 nitrogen and oxygen atoms in total. The molecular formula is C21H27Cl3O6. The Labute approximate surface area is 192 Å². The van der Waals surface area contributed by atoms with E-state index in [4.69, 9.17) is 58.3 Å².